The largest absolute Gasteiger partial charge is 0.493 e. The Morgan fingerprint density at radius 2 is 1.83 bits per heavy atom. The molecule has 1 amide bonds. The number of carbonyl (C=O) groups excluding carboxylic acids is 1. The average molecular weight is 391 g/mol. The van der Waals surface area contributed by atoms with Crippen LogP contribution in [0.2, 0.25) is 0 Å². The lowest BCUT2D eigenvalue weighted by Gasteiger charge is -2.27. The summed E-state index contributed by atoms with van der Waals surface area (Å²) in [6.45, 7) is 1.65. The Hall–Kier alpha value is -3.92. The molecule has 3 N–H and O–H groups in total. The maximum Gasteiger partial charge on any atom is 0.255 e. The lowest BCUT2D eigenvalue weighted by molar-refractivity contribution is -0.113. The first-order valence-corrected chi connectivity index (χ1v) is 8.86. The lowest BCUT2D eigenvalue weighted by Crippen LogP contribution is -2.27. The number of amides is 1. The van der Waals surface area contributed by atoms with Crippen LogP contribution in [0.25, 0.3) is 0 Å². The molecule has 0 saturated carbocycles. The third-order valence-electron chi connectivity index (χ3n) is 4.62. The summed E-state index contributed by atoms with van der Waals surface area (Å²) < 4.78 is 16.2. The molecule has 3 rings (SSSR count). The van der Waals surface area contributed by atoms with E-state index < -0.39 is 5.92 Å². The molecule has 29 heavy (non-hydrogen) atoms. The van der Waals surface area contributed by atoms with Crippen molar-refractivity contribution in [1.82, 2.24) is 0 Å². The van der Waals surface area contributed by atoms with Gasteiger partial charge in [-0.2, -0.15) is 5.26 Å². The van der Waals surface area contributed by atoms with Crippen LogP contribution in [0.3, 0.4) is 0 Å². The van der Waals surface area contributed by atoms with E-state index in [4.69, 9.17) is 19.9 Å². The molecule has 2 aromatic carbocycles. The number of nitrogens with zero attached hydrogens (tertiary/aromatic N) is 1. The fourth-order valence-electron chi connectivity index (χ4n) is 3.26. The zero-order valence-electron chi connectivity index (χ0n) is 16.4. The molecule has 7 heteroatoms. The van der Waals surface area contributed by atoms with E-state index in [1.807, 2.05) is 18.2 Å². The van der Waals surface area contributed by atoms with E-state index in [-0.39, 0.29) is 17.4 Å². The highest BCUT2D eigenvalue weighted by Crippen LogP contribution is 2.42. The van der Waals surface area contributed by atoms with Gasteiger partial charge in [-0.1, -0.05) is 24.3 Å². The van der Waals surface area contributed by atoms with Gasteiger partial charge in [0.05, 0.1) is 25.7 Å². The number of ether oxygens (including phenoxy) is 3. The maximum absolute atomic E-state index is 13.1. The third-order valence-corrected chi connectivity index (χ3v) is 4.62. The fourth-order valence-corrected chi connectivity index (χ4v) is 3.26. The molecule has 148 valence electrons. The van der Waals surface area contributed by atoms with Gasteiger partial charge in [-0.25, -0.2) is 0 Å². The van der Waals surface area contributed by atoms with Crippen LogP contribution in [-0.4, -0.2) is 20.1 Å². The number of rotatable bonds is 5. The minimum atomic E-state index is -0.711. The van der Waals surface area contributed by atoms with Gasteiger partial charge in [0.2, 0.25) is 5.88 Å². The zero-order chi connectivity index (χ0) is 21.0. The number of nitrogens with two attached hydrogens (primary N) is 1. The summed E-state index contributed by atoms with van der Waals surface area (Å²) in [5, 5.41) is 12.6. The van der Waals surface area contributed by atoms with E-state index in [9.17, 15) is 10.1 Å². The van der Waals surface area contributed by atoms with Crippen molar-refractivity contribution in [2.45, 2.75) is 12.8 Å². The van der Waals surface area contributed by atoms with Gasteiger partial charge in [-0.3, -0.25) is 4.79 Å². The SMILES string of the molecule is COc1ccc([C@@H]2C(C#N)=C(N)OC(C)=C2C(=O)Nc2ccccc2)cc1OC. The standard InChI is InChI=1S/C22H21N3O4/c1-13-19(22(26)25-15-7-5-4-6-8-15)20(16(12-23)21(24)29-13)14-9-10-17(27-2)18(11-14)28-3/h4-11,20H,24H2,1-3H3,(H,25,26)/t20-/m1/s1. The van der Waals surface area contributed by atoms with Crippen LogP contribution in [0.5, 0.6) is 11.5 Å². The van der Waals surface area contributed by atoms with Crippen LogP contribution in [-0.2, 0) is 9.53 Å². The molecule has 7 nitrogen and oxygen atoms in total. The Balaban J connectivity index is 2.09. The normalized spacial score (nSPS) is 16.0. The number of allylic oxidation sites excluding steroid dienone is 2. The first-order valence-electron chi connectivity index (χ1n) is 8.86. The van der Waals surface area contributed by atoms with Gasteiger partial charge in [0.15, 0.2) is 11.5 Å². The van der Waals surface area contributed by atoms with Crippen molar-refractivity contribution < 1.29 is 19.0 Å². The number of nitrogens with one attached hydrogen (secondary N) is 1. The molecule has 0 fully saturated rings. The Kier molecular flexibility index (Phi) is 5.74. The van der Waals surface area contributed by atoms with E-state index in [2.05, 4.69) is 11.4 Å². The van der Waals surface area contributed by atoms with E-state index >= 15 is 0 Å². The van der Waals surface area contributed by atoms with Crippen molar-refractivity contribution in [3.05, 3.63) is 76.9 Å². The first kappa shape index (κ1) is 19.8. The van der Waals surface area contributed by atoms with Crippen molar-refractivity contribution in [3.8, 4) is 17.6 Å². The Morgan fingerprint density at radius 3 is 2.45 bits per heavy atom. The Morgan fingerprint density at radius 1 is 1.14 bits per heavy atom. The molecule has 0 aliphatic carbocycles. The van der Waals surface area contributed by atoms with Crippen LogP contribution in [0.1, 0.15) is 18.4 Å². The predicted octanol–water partition coefficient (Wildman–Crippen LogP) is 3.42. The minimum Gasteiger partial charge on any atom is -0.493 e. The van der Waals surface area contributed by atoms with Gasteiger partial charge < -0.3 is 25.3 Å². The molecular weight excluding hydrogens is 370 g/mol. The molecule has 1 aliphatic rings. The Labute approximate surface area is 169 Å². The molecule has 0 bridgehead atoms. The summed E-state index contributed by atoms with van der Waals surface area (Å²) in [4.78, 5) is 13.1. The van der Waals surface area contributed by atoms with Crippen molar-refractivity contribution in [3.63, 3.8) is 0 Å². The van der Waals surface area contributed by atoms with Crippen molar-refractivity contribution >= 4 is 11.6 Å². The van der Waals surface area contributed by atoms with E-state index in [0.29, 0.717) is 34.1 Å². The molecule has 0 radical (unpaired) electrons. The zero-order valence-corrected chi connectivity index (χ0v) is 16.4. The summed E-state index contributed by atoms with van der Waals surface area (Å²) in [5.41, 5.74) is 7.70. The first-order chi connectivity index (χ1) is 14.0. The second-order valence-electron chi connectivity index (χ2n) is 6.33. The number of nitriles is 1. The molecule has 1 aliphatic heterocycles. The third kappa shape index (κ3) is 3.87. The molecule has 1 atom stereocenters. The molecule has 0 unspecified atom stereocenters. The fraction of sp³-hybridized carbons (Fsp3) is 0.182. The van der Waals surface area contributed by atoms with Crippen LogP contribution >= 0.6 is 0 Å². The van der Waals surface area contributed by atoms with Gasteiger partial charge in [-0.05, 0) is 36.8 Å². The molecule has 0 saturated heterocycles. The van der Waals surface area contributed by atoms with E-state index in [1.165, 1.54) is 14.2 Å². The summed E-state index contributed by atoms with van der Waals surface area (Å²) in [7, 11) is 3.05. The quantitative estimate of drug-likeness (QED) is 0.809. The van der Waals surface area contributed by atoms with Gasteiger partial charge in [0.25, 0.3) is 5.91 Å². The minimum absolute atomic E-state index is 0.0268. The lowest BCUT2D eigenvalue weighted by atomic mass is 9.82. The van der Waals surface area contributed by atoms with Crippen molar-refractivity contribution in [2.75, 3.05) is 19.5 Å². The number of hydrogen-bond acceptors (Lipinski definition) is 6. The second-order valence-corrected chi connectivity index (χ2v) is 6.33. The summed E-state index contributed by atoms with van der Waals surface area (Å²) in [6, 6.07) is 16.3. The van der Waals surface area contributed by atoms with Crippen LogP contribution in [0.4, 0.5) is 5.69 Å². The monoisotopic (exact) mass is 391 g/mol. The molecular formula is C22H21N3O4. The summed E-state index contributed by atoms with van der Waals surface area (Å²) >= 11 is 0. The van der Waals surface area contributed by atoms with Crippen LogP contribution < -0.4 is 20.5 Å². The van der Waals surface area contributed by atoms with Crippen molar-refractivity contribution in [2.24, 2.45) is 5.73 Å². The second kappa shape index (κ2) is 8.40. The highest BCUT2D eigenvalue weighted by molar-refractivity contribution is 6.06. The number of methoxy groups -OCH3 is 2. The van der Waals surface area contributed by atoms with Gasteiger partial charge in [0, 0.05) is 5.69 Å². The summed E-state index contributed by atoms with van der Waals surface area (Å²) in [5.74, 6) is 0.226. The molecule has 0 spiro atoms. The highest BCUT2D eigenvalue weighted by Gasteiger charge is 2.36. The van der Waals surface area contributed by atoms with Crippen LogP contribution in [0, 0.1) is 11.3 Å². The van der Waals surface area contributed by atoms with E-state index in [1.54, 1.807) is 37.3 Å². The Bertz CT molecular complexity index is 1040. The summed E-state index contributed by atoms with van der Waals surface area (Å²) in [6.07, 6.45) is 0. The van der Waals surface area contributed by atoms with Crippen LogP contribution in [0.15, 0.2) is 71.3 Å². The number of benzene rings is 2. The van der Waals surface area contributed by atoms with Gasteiger partial charge >= 0.3 is 0 Å². The smallest absolute Gasteiger partial charge is 0.255 e. The van der Waals surface area contributed by atoms with E-state index in [0.717, 1.165) is 0 Å². The van der Waals surface area contributed by atoms with Gasteiger partial charge in [-0.15, -0.1) is 0 Å². The molecule has 0 aromatic heterocycles. The molecule has 1 heterocycles. The molecule has 2 aromatic rings. The topological polar surface area (TPSA) is 107 Å². The van der Waals surface area contributed by atoms with Gasteiger partial charge in [0.1, 0.15) is 17.4 Å². The number of carbonyl (C=O) groups is 1. The number of hydrogen-bond donors (Lipinski definition) is 2. The number of para-hydroxylation sites is 1. The number of anilines is 1. The average Bonchev–Trinajstić information content (AvgIpc) is 2.73. The van der Waals surface area contributed by atoms with Crippen molar-refractivity contribution in [1.29, 1.82) is 5.26 Å². The predicted molar refractivity (Wildman–Crippen MR) is 108 cm³/mol. The maximum atomic E-state index is 13.1. The highest BCUT2D eigenvalue weighted by atomic mass is 16.5.